The molecule has 3 rings (SSSR count). The van der Waals surface area contributed by atoms with Crippen LogP contribution in [0.2, 0.25) is 0 Å². The van der Waals surface area contributed by atoms with Gasteiger partial charge in [-0.2, -0.15) is 17.9 Å². The minimum absolute atomic E-state index is 0.361. The second kappa shape index (κ2) is 4.69. The third-order valence-electron chi connectivity index (χ3n) is 3.01. The van der Waals surface area contributed by atoms with Gasteiger partial charge in [-0.1, -0.05) is 29.5 Å². The minimum atomic E-state index is -4.61. The molecule has 0 aliphatic rings. The molecule has 0 aliphatic heterocycles. The van der Waals surface area contributed by atoms with Crippen LogP contribution in [0.25, 0.3) is 11.0 Å². The SMILES string of the molecule is O=C(c1ccccc1C(F)(F)F)n1nnc2ccccc21. The van der Waals surface area contributed by atoms with Crippen LogP contribution in [0.3, 0.4) is 0 Å². The van der Waals surface area contributed by atoms with Crippen LogP contribution < -0.4 is 0 Å². The molecule has 0 bridgehead atoms. The first-order valence-electron chi connectivity index (χ1n) is 6.00. The number of fused-ring (bicyclic) bond motifs is 1. The predicted octanol–water partition coefficient (Wildman–Crippen LogP) is 3.14. The van der Waals surface area contributed by atoms with Gasteiger partial charge in [0, 0.05) is 0 Å². The molecule has 0 saturated heterocycles. The Morgan fingerprint density at radius 3 is 2.43 bits per heavy atom. The summed E-state index contributed by atoms with van der Waals surface area (Å²) >= 11 is 0. The van der Waals surface area contributed by atoms with Crippen molar-refractivity contribution in [1.29, 1.82) is 0 Å². The van der Waals surface area contributed by atoms with Gasteiger partial charge < -0.3 is 0 Å². The molecular weight excluding hydrogens is 283 g/mol. The number of rotatable bonds is 1. The molecule has 3 aromatic rings. The van der Waals surface area contributed by atoms with Crippen molar-refractivity contribution in [1.82, 2.24) is 15.0 Å². The van der Waals surface area contributed by atoms with E-state index in [-0.39, 0.29) is 0 Å². The van der Waals surface area contributed by atoms with E-state index in [2.05, 4.69) is 10.3 Å². The predicted molar refractivity (Wildman–Crippen MR) is 68.7 cm³/mol. The number of carbonyl (C=O) groups is 1. The third-order valence-corrected chi connectivity index (χ3v) is 3.01. The summed E-state index contributed by atoms with van der Waals surface area (Å²) in [6.07, 6.45) is -4.61. The zero-order valence-electron chi connectivity index (χ0n) is 10.5. The van der Waals surface area contributed by atoms with Crippen LogP contribution in [0.15, 0.2) is 48.5 Å². The maximum atomic E-state index is 13.0. The van der Waals surface area contributed by atoms with Gasteiger partial charge in [0.25, 0.3) is 5.91 Å². The van der Waals surface area contributed by atoms with Crippen molar-refractivity contribution < 1.29 is 18.0 Å². The number of benzene rings is 2. The van der Waals surface area contributed by atoms with E-state index < -0.39 is 23.2 Å². The standard InChI is InChI=1S/C14H8F3N3O/c15-14(16,17)10-6-2-1-5-9(10)13(21)20-12-8-4-3-7-11(12)18-19-20/h1-8H. The number of carbonyl (C=O) groups excluding carboxylic acids is 1. The first kappa shape index (κ1) is 13.3. The summed E-state index contributed by atoms with van der Waals surface area (Å²) in [5.41, 5.74) is -0.648. The molecule has 106 valence electrons. The van der Waals surface area contributed by atoms with Crippen molar-refractivity contribution in [3.8, 4) is 0 Å². The van der Waals surface area contributed by atoms with E-state index in [9.17, 15) is 18.0 Å². The van der Waals surface area contributed by atoms with Crippen LogP contribution in [0.5, 0.6) is 0 Å². The smallest absolute Gasteiger partial charge is 0.267 e. The van der Waals surface area contributed by atoms with Gasteiger partial charge in [0.1, 0.15) is 5.52 Å². The van der Waals surface area contributed by atoms with Crippen molar-refractivity contribution in [2.45, 2.75) is 6.18 Å². The summed E-state index contributed by atoms with van der Waals surface area (Å²) in [4.78, 5) is 12.3. The van der Waals surface area contributed by atoms with Gasteiger partial charge >= 0.3 is 6.18 Å². The van der Waals surface area contributed by atoms with Crippen molar-refractivity contribution in [2.24, 2.45) is 0 Å². The molecule has 1 aromatic heterocycles. The summed E-state index contributed by atoms with van der Waals surface area (Å²) in [6, 6.07) is 11.2. The normalized spacial score (nSPS) is 11.8. The lowest BCUT2D eigenvalue weighted by Gasteiger charge is -2.11. The summed E-state index contributed by atoms with van der Waals surface area (Å²) in [5, 5.41) is 7.41. The van der Waals surface area contributed by atoms with E-state index >= 15 is 0 Å². The van der Waals surface area contributed by atoms with Gasteiger partial charge in [0.2, 0.25) is 0 Å². The lowest BCUT2D eigenvalue weighted by molar-refractivity contribution is -0.137. The highest BCUT2D eigenvalue weighted by Gasteiger charge is 2.35. The van der Waals surface area contributed by atoms with Crippen molar-refractivity contribution in [2.75, 3.05) is 0 Å². The number of hydrogen-bond acceptors (Lipinski definition) is 3. The van der Waals surface area contributed by atoms with Gasteiger partial charge in [0.05, 0.1) is 16.6 Å². The van der Waals surface area contributed by atoms with Crippen LogP contribution in [-0.4, -0.2) is 20.9 Å². The summed E-state index contributed by atoms with van der Waals surface area (Å²) in [7, 11) is 0. The fourth-order valence-corrected chi connectivity index (χ4v) is 2.05. The molecule has 4 nitrogen and oxygen atoms in total. The molecule has 21 heavy (non-hydrogen) atoms. The Bertz CT molecular complexity index is 823. The molecule has 0 unspecified atom stereocenters. The zero-order chi connectivity index (χ0) is 15.0. The van der Waals surface area contributed by atoms with Crippen molar-refractivity contribution in [3.63, 3.8) is 0 Å². The lowest BCUT2D eigenvalue weighted by atomic mass is 10.1. The largest absolute Gasteiger partial charge is 0.417 e. The fraction of sp³-hybridized carbons (Fsp3) is 0.0714. The second-order valence-electron chi connectivity index (χ2n) is 4.34. The number of para-hydroxylation sites is 1. The highest BCUT2D eigenvalue weighted by Crippen LogP contribution is 2.32. The second-order valence-corrected chi connectivity index (χ2v) is 4.34. The Hall–Kier alpha value is -2.70. The fourth-order valence-electron chi connectivity index (χ4n) is 2.05. The van der Waals surface area contributed by atoms with E-state index in [1.54, 1.807) is 24.3 Å². The van der Waals surface area contributed by atoms with Gasteiger partial charge in [-0.25, -0.2) is 0 Å². The summed E-state index contributed by atoms with van der Waals surface area (Å²) < 4.78 is 39.8. The Balaban J connectivity index is 2.16. The van der Waals surface area contributed by atoms with Gasteiger partial charge in [-0.3, -0.25) is 4.79 Å². The topological polar surface area (TPSA) is 47.8 Å². The van der Waals surface area contributed by atoms with Crippen LogP contribution in [0, 0.1) is 0 Å². The number of aromatic nitrogens is 3. The number of nitrogens with zero attached hydrogens (tertiary/aromatic N) is 3. The molecule has 0 saturated carbocycles. The molecule has 7 heteroatoms. The minimum Gasteiger partial charge on any atom is -0.267 e. The average molecular weight is 291 g/mol. The molecule has 0 N–H and O–H groups in total. The molecular formula is C14H8F3N3O. The van der Waals surface area contributed by atoms with E-state index in [1.807, 2.05) is 0 Å². The maximum Gasteiger partial charge on any atom is 0.417 e. The lowest BCUT2D eigenvalue weighted by Crippen LogP contribution is -2.19. The average Bonchev–Trinajstić information content (AvgIpc) is 2.89. The molecule has 0 atom stereocenters. The molecule has 1 heterocycles. The summed E-state index contributed by atoms with van der Waals surface area (Å²) in [5.74, 6) is -0.864. The Kier molecular flexibility index (Phi) is 2.97. The Morgan fingerprint density at radius 2 is 1.67 bits per heavy atom. The number of hydrogen-bond donors (Lipinski definition) is 0. The molecule has 0 radical (unpaired) electrons. The van der Waals surface area contributed by atoms with Crippen LogP contribution in [0.1, 0.15) is 15.9 Å². The van der Waals surface area contributed by atoms with Gasteiger partial charge in [-0.15, -0.1) is 5.10 Å². The molecule has 0 spiro atoms. The first-order chi connectivity index (χ1) is 9.98. The van der Waals surface area contributed by atoms with Crippen molar-refractivity contribution >= 4 is 16.9 Å². The van der Waals surface area contributed by atoms with E-state index in [4.69, 9.17) is 0 Å². The van der Waals surface area contributed by atoms with E-state index in [0.29, 0.717) is 11.0 Å². The quantitative estimate of drug-likeness (QED) is 0.692. The summed E-state index contributed by atoms with van der Waals surface area (Å²) in [6.45, 7) is 0. The van der Waals surface area contributed by atoms with Gasteiger partial charge in [0.15, 0.2) is 0 Å². The Morgan fingerprint density at radius 1 is 1.00 bits per heavy atom. The molecule has 0 amide bonds. The number of alkyl halides is 3. The van der Waals surface area contributed by atoms with Crippen LogP contribution in [0.4, 0.5) is 13.2 Å². The van der Waals surface area contributed by atoms with Crippen LogP contribution >= 0.6 is 0 Å². The monoisotopic (exact) mass is 291 g/mol. The zero-order valence-corrected chi connectivity index (χ0v) is 10.5. The maximum absolute atomic E-state index is 13.0. The van der Waals surface area contributed by atoms with Crippen LogP contribution in [-0.2, 0) is 6.18 Å². The molecule has 0 fully saturated rings. The van der Waals surface area contributed by atoms with Gasteiger partial charge in [-0.05, 0) is 24.3 Å². The highest BCUT2D eigenvalue weighted by molar-refractivity contribution is 6.01. The Labute approximate surface area is 116 Å². The molecule has 2 aromatic carbocycles. The highest BCUT2D eigenvalue weighted by atomic mass is 19.4. The van der Waals surface area contributed by atoms with E-state index in [0.717, 1.165) is 16.8 Å². The molecule has 0 aliphatic carbocycles. The first-order valence-corrected chi connectivity index (χ1v) is 6.00. The van der Waals surface area contributed by atoms with E-state index in [1.165, 1.54) is 12.1 Å². The third kappa shape index (κ3) is 2.26. The van der Waals surface area contributed by atoms with Crippen molar-refractivity contribution in [3.05, 3.63) is 59.7 Å². The number of halogens is 3.